The minimum atomic E-state index is -0.398. The highest BCUT2D eigenvalue weighted by atomic mass is 16.5. The molecule has 7 nitrogen and oxygen atoms in total. The molecule has 1 fully saturated rings. The van der Waals surface area contributed by atoms with E-state index in [1.54, 1.807) is 7.11 Å². The Morgan fingerprint density at radius 2 is 1.96 bits per heavy atom. The molecule has 0 radical (unpaired) electrons. The van der Waals surface area contributed by atoms with Crippen LogP contribution in [0.2, 0.25) is 0 Å². The van der Waals surface area contributed by atoms with Crippen molar-refractivity contribution in [3.63, 3.8) is 0 Å². The van der Waals surface area contributed by atoms with Crippen LogP contribution in [-0.4, -0.2) is 58.3 Å². The molecule has 1 aliphatic rings. The number of nitrogens with zero attached hydrogens (tertiary/aromatic N) is 1. The predicted molar refractivity (Wildman–Crippen MR) is 97.2 cm³/mol. The molecule has 0 aromatic heterocycles. The van der Waals surface area contributed by atoms with Gasteiger partial charge in [0.15, 0.2) is 6.54 Å². The number of carbonyl (C=O) groups excluding carboxylic acids is 2. The summed E-state index contributed by atoms with van der Waals surface area (Å²) in [6.45, 7) is 6.38. The normalized spacial score (nSPS) is 14.9. The maximum atomic E-state index is 12.0. The number of hydrogen-bond donors (Lipinski definition) is 3. The van der Waals surface area contributed by atoms with Crippen molar-refractivity contribution < 1.29 is 19.2 Å². The van der Waals surface area contributed by atoms with Crippen LogP contribution >= 0.6 is 0 Å². The summed E-state index contributed by atoms with van der Waals surface area (Å²) in [6.07, 6.45) is 1.92. The minimum absolute atomic E-state index is 0.227. The van der Waals surface area contributed by atoms with Crippen LogP contribution < -0.4 is 25.2 Å². The number of unbranched alkanes of at least 4 members (excludes halogenated alkanes) is 1. The summed E-state index contributed by atoms with van der Waals surface area (Å²) < 4.78 is 5.42. The monoisotopic (exact) mass is 349 g/mol. The number of quaternary nitrogens is 1. The van der Waals surface area contributed by atoms with Gasteiger partial charge < -0.3 is 19.9 Å². The van der Waals surface area contributed by atoms with E-state index in [2.05, 4.69) is 28.5 Å². The average molecular weight is 349 g/mol. The largest absolute Gasteiger partial charge is 0.495 e. The molecule has 1 heterocycles. The van der Waals surface area contributed by atoms with Crippen LogP contribution in [0, 0.1) is 0 Å². The fraction of sp³-hybridized carbons (Fsp3) is 0.556. The molecule has 3 amide bonds. The topological polar surface area (TPSA) is 75.1 Å². The molecule has 3 N–H and O–H groups in total. The Morgan fingerprint density at radius 1 is 1.24 bits per heavy atom. The smallest absolute Gasteiger partial charge is 0.321 e. The number of benzene rings is 1. The minimum Gasteiger partial charge on any atom is -0.495 e. The Morgan fingerprint density at radius 3 is 2.64 bits per heavy atom. The summed E-state index contributed by atoms with van der Waals surface area (Å²) in [6, 6.07) is 7.57. The number of anilines is 1. The lowest BCUT2D eigenvalue weighted by molar-refractivity contribution is -0.892. The van der Waals surface area contributed by atoms with Crippen molar-refractivity contribution >= 4 is 17.6 Å². The first-order valence-electron chi connectivity index (χ1n) is 8.93. The number of hydrogen-bond acceptors (Lipinski definition) is 4. The van der Waals surface area contributed by atoms with Gasteiger partial charge in [-0.05, 0) is 18.6 Å². The van der Waals surface area contributed by atoms with Gasteiger partial charge in [-0.3, -0.25) is 10.1 Å². The Kier molecular flexibility index (Phi) is 7.53. The number of amides is 3. The van der Waals surface area contributed by atoms with Crippen LogP contribution in [0.3, 0.4) is 0 Å². The molecule has 1 aliphatic heterocycles. The van der Waals surface area contributed by atoms with E-state index < -0.39 is 6.03 Å². The highest BCUT2D eigenvalue weighted by molar-refractivity contribution is 5.94. The molecule has 1 aromatic rings. The summed E-state index contributed by atoms with van der Waals surface area (Å²) in [5.74, 6) is 0.641. The van der Waals surface area contributed by atoms with Gasteiger partial charge in [-0.2, -0.15) is 0 Å². The highest BCUT2D eigenvalue weighted by Crippen LogP contribution is 2.27. The van der Waals surface area contributed by atoms with Crippen molar-refractivity contribution in [1.82, 2.24) is 10.6 Å². The summed E-state index contributed by atoms with van der Waals surface area (Å²) in [5.41, 5.74) is 1.09. The summed E-state index contributed by atoms with van der Waals surface area (Å²) in [4.78, 5) is 27.0. The van der Waals surface area contributed by atoms with E-state index in [4.69, 9.17) is 4.74 Å². The molecule has 0 aliphatic carbocycles. The zero-order valence-corrected chi connectivity index (χ0v) is 15.1. The second kappa shape index (κ2) is 9.88. The molecular weight excluding hydrogens is 320 g/mol. The number of methoxy groups -OCH3 is 1. The van der Waals surface area contributed by atoms with E-state index in [1.165, 1.54) is 4.90 Å². The van der Waals surface area contributed by atoms with Crippen LogP contribution in [0.1, 0.15) is 19.8 Å². The number of carbonyl (C=O) groups is 2. The third-order valence-electron chi connectivity index (χ3n) is 4.38. The third-order valence-corrected chi connectivity index (χ3v) is 4.38. The van der Waals surface area contributed by atoms with Gasteiger partial charge in [0.05, 0.1) is 39.0 Å². The molecule has 25 heavy (non-hydrogen) atoms. The van der Waals surface area contributed by atoms with E-state index in [-0.39, 0.29) is 5.91 Å². The lowest BCUT2D eigenvalue weighted by atomic mass is 10.2. The van der Waals surface area contributed by atoms with Crippen LogP contribution in [0.15, 0.2) is 24.3 Å². The molecule has 0 atom stereocenters. The molecule has 138 valence electrons. The second-order valence-electron chi connectivity index (χ2n) is 6.24. The van der Waals surface area contributed by atoms with E-state index in [9.17, 15) is 9.59 Å². The van der Waals surface area contributed by atoms with Crippen LogP contribution in [0.5, 0.6) is 5.75 Å². The van der Waals surface area contributed by atoms with Gasteiger partial charge in [-0.25, -0.2) is 4.79 Å². The summed E-state index contributed by atoms with van der Waals surface area (Å²) in [7, 11) is 1.68. The Balaban J connectivity index is 1.75. The Hall–Kier alpha value is -2.28. The molecule has 7 heteroatoms. The molecule has 0 bridgehead atoms. The Bertz CT molecular complexity index is 571. The molecule has 0 unspecified atom stereocenters. The first-order valence-corrected chi connectivity index (χ1v) is 8.93. The van der Waals surface area contributed by atoms with Gasteiger partial charge >= 0.3 is 6.03 Å². The highest BCUT2D eigenvalue weighted by Gasteiger charge is 2.24. The van der Waals surface area contributed by atoms with Crippen molar-refractivity contribution in [2.45, 2.75) is 19.8 Å². The van der Waals surface area contributed by atoms with Gasteiger partial charge in [0.25, 0.3) is 5.91 Å². The zero-order chi connectivity index (χ0) is 18.1. The molecular formula is C18H29N4O3+. The van der Waals surface area contributed by atoms with Crippen molar-refractivity contribution in [3.8, 4) is 5.75 Å². The first-order chi connectivity index (χ1) is 12.1. The summed E-state index contributed by atoms with van der Waals surface area (Å²) >= 11 is 0. The lowest BCUT2D eigenvalue weighted by Crippen LogP contribution is -3.16. The number of piperazine rings is 1. The maximum Gasteiger partial charge on any atom is 0.321 e. The van der Waals surface area contributed by atoms with E-state index in [0.29, 0.717) is 13.1 Å². The second-order valence-corrected chi connectivity index (χ2v) is 6.24. The SMILES string of the molecule is CCCCNC(=O)NC(=O)C[NH+]1CCN(c2ccccc2OC)CC1. The molecule has 1 saturated heterocycles. The van der Waals surface area contributed by atoms with Gasteiger partial charge in [-0.15, -0.1) is 0 Å². The third kappa shape index (κ3) is 5.94. The predicted octanol–water partition coefficient (Wildman–Crippen LogP) is 0.0260. The zero-order valence-electron chi connectivity index (χ0n) is 15.1. The molecule has 0 spiro atoms. The van der Waals surface area contributed by atoms with Gasteiger partial charge in [0.2, 0.25) is 0 Å². The number of para-hydroxylation sites is 2. The fourth-order valence-corrected chi connectivity index (χ4v) is 2.95. The number of urea groups is 1. The standard InChI is InChI=1S/C18H28N4O3/c1-3-4-9-19-18(24)20-17(23)14-21-10-12-22(13-11-21)15-7-5-6-8-16(15)25-2/h5-8H,3-4,9-14H2,1-2H3,(H2,19,20,23,24)/p+1. The lowest BCUT2D eigenvalue weighted by Gasteiger charge is -2.33. The van der Waals surface area contributed by atoms with Crippen molar-refractivity contribution in [3.05, 3.63) is 24.3 Å². The van der Waals surface area contributed by atoms with Crippen LogP contribution in [-0.2, 0) is 4.79 Å². The number of nitrogens with one attached hydrogen (secondary N) is 3. The van der Waals surface area contributed by atoms with E-state index in [0.717, 1.165) is 50.5 Å². The van der Waals surface area contributed by atoms with Crippen molar-refractivity contribution in [2.24, 2.45) is 0 Å². The average Bonchev–Trinajstić information content (AvgIpc) is 2.62. The van der Waals surface area contributed by atoms with Gasteiger partial charge in [0.1, 0.15) is 5.75 Å². The van der Waals surface area contributed by atoms with Crippen molar-refractivity contribution in [2.75, 3.05) is 51.3 Å². The number of rotatable bonds is 7. The fourth-order valence-electron chi connectivity index (χ4n) is 2.95. The van der Waals surface area contributed by atoms with Gasteiger partial charge in [0, 0.05) is 6.54 Å². The molecule has 1 aromatic carbocycles. The van der Waals surface area contributed by atoms with Crippen molar-refractivity contribution in [1.29, 1.82) is 0 Å². The number of ether oxygens (including phenoxy) is 1. The van der Waals surface area contributed by atoms with Crippen LogP contribution in [0.25, 0.3) is 0 Å². The molecule has 0 saturated carbocycles. The van der Waals surface area contributed by atoms with Crippen LogP contribution in [0.4, 0.5) is 10.5 Å². The molecule has 2 rings (SSSR count). The van der Waals surface area contributed by atoms with E-state index >= 15 is 0 Å². The summed E-state index contributed by atoms with van der Waals surface area (Å²) in [5, 5.41) is 5.09. The van der Waals surface area contributed by atoms with E-state index in [1.807, 2.05) is 18.2 Å². The Labute approximate surface area is 149 Å². The maximum absolute atomic E-state index is 12.0. The van der Waals surface area contributed by atoms with Gasteiger partial charge in [-0.1, -0.05) is 25.5 Å². The number of imide groups is 1. The quantitative estimate of drug-likeness (QED) is 0.607. The first kappa shape index (κ1) is 19.1.